The Morgan fingerprint density at radius 3 is 2.17 bits per heavy atom. The normalized spacial score (nSPS) is 12.9. The highest BCUT2D eigenvalue weighted by Crippen LogP contribution is 2.26. The van der Waals surface area contributed by atoms with Crippen molar-refractivity contribution in [1.82, 2.24) is 14.7 Å². The van der Waals surface area contributed by atoms with E-state index in [2.05, 4.69) is 64.9 Å². The monoisotopic (exact) mass is 570 g/mol. The fourth-order valence-corrected chi connectivity index (χ4v) is 5.94. The van der Waals surface area contributed by atoms with Gasteiger partial charge in [0.2, 0.25) is 15.9 Å². The molecule has 1 atom stereocenters. The lowest BCUT2D eigenvalue weighted by Crippen LogP contribution is -2.32. The van der Waals surface area contributed by atoms with Gasteiger partial charge in [-0.05, 0) is 67.6 Å². The quantitative estimate of drug-likeness (QED) is 0.184. The molecule has 7 nitrogen and oxygen atoms in total. The molecule has 41 heavy (non-hydrogen) atoms. The summed E-state index contributed by atoms with van der Waals surface area (Å²) in [6.45, 7) is 12.5. The Hall–Kier alpha value is -4.01. The molecule has 1 heterocycles. The van der Waals surface area contributed by atoms with Crippen molar-refractivity contribution in [2.45, 2.75) is 64.3 Å². The maximum atomic E-state index is 13.1. The summed E-state index contributed by atoms with van der Waals surface area (Å²) >= 11 is 0. The third-order valence-electron chi connectivity index (χ3n) is 7.07. The van der Waals surface area contributed by atoms with Gasteiger partial charge in [0.25, 0.3) is 0 Å². The topological polar surface area (TPSA) is 92.6 Å². The van der Waals surface area contributed by atoms with Gasteiger partial charge in [-0.2, -0.15) is 5.10 Å². The van der Waals surface area contributed by atoms with Crippen LogP contribution in [0, 0.1) is 20.8 Å². The van der Waals surface area contributed by atoms with Crippen LogP contribution in [0.1, 0.15) is 66.9 Å². The Morgan fingerprint density at radius 1 is 0.927 bits per heavy atom. The van der Waals surface area contributed by atoms with Gasteiger partial charge in [0.15, 0.2) is 0 Å². The third-order valence-corrected chi connectivity index (χ3v) is 8.56. The molecule has 2 N–H and O–H groups in total. The number of benzene rings is 3. The number of nitrogens with zero attached hydrogens (tertiary/aromatic N) is 2. The number of hydrogen-bond acceptors (Lipinski definition) is 4. The highest BCUT2D eigenvalue weighted by molar-refractivity contribution is 7.89. The van der Waals surface area contributed by atoms with E-state index in [9.17, 15) is 13.2 Å². The summed E-state index contributed by atoms with van der Waals surface area (Å²) in [6.07, 6.45) is 1.50. The standard InChI is InChI=1S/C33H38N4O3S/c1-23-12-18-30(19-13-23)41(39,40)36-31(26-10-8-7-9-11-26)21-32(38)35-34-22-27-20-24(2)37(25(27)3)29-16-14-28(15-17-29)33(4,5)6/h7-20,22,31,36H,21H2,1-6H3,(H,35,38)/b34-22-/t31-/m1/s1. The minimum absolute atomic E-state index is 0.0786. The van der Waals surface area contributed by atoms with Crippen molar-refractivity contribution in [2.24, 2.45) is 5.10 Å². The second-order valence-corrected chi connectivity index (χ2v) is 13.1. The molecule has 4 aromatic rings. The molecule has 0 saturated heterocycles. The zero-order valence-corrected chi connectivity index (χ0v) is 25.3. The summed E-state index contributed by atoms with van der Waals surface area (Å²) in [6, 6.07) is 25.4. The number of rotatable bonds is 9. The Kier molecular flexibility index (Phi) is 8.95. The smallest absolute Gasteiger partial charge is 0.242 e. The molecular formula is C33H38N4O3S. The number of hydrogen-bond donors (Lipinski definition) is 2. The summed E-state index contributed by atoms with van der Waals surface area (Å²) in [7, 11) is -3.85. The third kappa shape index (κ3) is 7.39. The minimum atomic E-state index is -3.85. The van der Waals surface area contributed by atoms with Crippen molar-refractivity contribution < 1.29 is 13.2 Å². The van der Waals surface area contributed by atoms with Crippen LogP contribution < -0.4 is 10.1 Å². The first-order valence-corrected chi connectivity index (χ1v) is 15.1. The molecule has 0 saturated carbocycles. The highest BCUT2D eigenvalue weighted by atomic mass is 32.2. The van der Waals surface area contributed by atoms with E-state index in [-0.39, 0.29) is 16.7 Å². The van der Waals surface area contributed by atoms with E-state index >= 15 is 0 Å². The fraction of sp³-hybridized carbons (Fsp3) is 0.273. The van der Waals surface area contributed by atoms with Gasteiger partial charge in [0.1, 0.15) is 0 Å². The van der Waals surface area contributed by atoms with Crippen LogP contribution in [0.25, 0.3) is 5.69 Å². The highest BCUT2D eigenvalue weighted by Gasteiger charge is 2.24. The van der Waals surface area contributed by atoms with E-state index in [1.54, 1.807) is 42.6 Å². The van der Waals surface area contributed by atoms with E-state index in [1.807, 2.05) is 45.0 Å². The maximum absolute atomic E-state index is 13.1. The Morgan fingerprint density at radius 2 is 1.56 bits per heavy atom. The number of nitrogens with one attached hydrogen (secondary N) is 2. The SMILES string of the molecule is Cc1ccc(S(=O)(=O)N[C@H](CC(=O)N/N=C\c2cc(C)n(-c3ccc(C(C)(C)C)cc3)c2C)c2ccccc2)cc1. The molecule has 0 aliphatic carbocycles. The molecule has 3 aromatic carbocycles. The van der Waals surface area contributed by atoms with Gasteiger partial charge in [-0.15, -0.1) is 0 Å². The van der Waals surface area contributed by atoms with Gasteiger partial charge in [0, 0.05) is 29.1 Å². The molecule has 0 aliphatic heterocycles. The lowest BCUT2D eigenvalue weighted by atomic mass is 9.87. The number of aromatic nitrogens is 1. The van der Waals surface area contributed by atoms with Gasteiger partial charge in [-0.25, -0.2) is 18.6 Å². The Bertz CT molecular complexity index is 1630. The van der Waals surface area contributed by atoms with Gasteiger partial charge in [0.05, 0.1) is 17.2 Å². The second-order valence-electron chi connectivity index (χ2n) is 11.4. The van der Waals surface area contributed by atoms with Crippen LogP contribution in [0.3, 0.4) is 0 Å². The largest absolute Gasteiger partial charge is 0.318 e. The number of carbonyl (C=O) groups is 1. The number of sulfonamides is 1. The van der Waals surface area contributed by atoms with E-state index < -0.39 is 22.0 Å². The molecule has 0 spiro atoms. The minimum Gasteiger partial charge on any atom is -0.318 e. The lowest BCUT2D eigenvalue weighted by Gasteiger charge is -2.20. The molecule has 8 heteroatoms. The molecule has 0 bridgehead atoms. The van der Waals surface area contributed by atoms with Crippen molar-refractivity contribution in [3.05, 3.63) is 119 Å². The Labute approximate surface area is 243 Å². The molecule has 0 aliphatic rings. The van der Waals surface area contributed by atoms with Crippen LogP contribution in [-0.4, -0.2) is 25.1 Å². The van der Waals surface area contributed by atoms with Crippen LogP contribution in [0.5, 0.6) is 0 Å². The van der Waals surface area contributed by atoms with Gasteiger partial charge in [-0.1, -0.05) is 80.9 Å². The summed E-state index contributed by atoms with van der Waals surface area (Å²) in [4.78, 5) is 13.1. The summed E-state index contributed by atoms with van der Waals surface area (Å²) in [5.74, 6) is -0.409. The molecule has 1 aromatic heterocycles. The Balaban J connectivity index is 1.47. The first-order valence-electron chi connectivity index (χ1n) is 13.6. The van der Waals surface area contributed by atoms with E-state index in [0.717, 1.165) is 28.2 Å². The van der Waals surface area contributed by atoms with Crippen molar-refractivity contribution in [2.75, 3.05) is 0 Å². The van der Waals surface area contributed by atoms with E-state index in [1.165, 1.54) is 5.56 Å². The number of amides is 1. The van der Waals surface area contributed by atoms with Gasteiger partial charge < -0.3 is 4.57 Å². The maximum Gasteiger partial charge on any atom is 0.242 e. The van der Waals surface area contributed by atoms with Crippen LogP contribution >= 0.6 is 0 Å². The first-order chi connectivity index (χ1) is 19.3. The van der Waals surface area contributed by atoms with Crippen LogP contribution in [0.15, 0.2) is 94.9 Å². The van der Waals surface area contributed by atoms with Gasteiger partial charge >= 0.3 is 0 Å². The van der Waals surface area contributed by atoms with Crippen LogP contribution in [0.4, 0.5) is 0 Å². The zero-order chi connectivity index (χ0) is 29.8. The predicted molar refractivity (Wildman–Crippen MR) is 165 cm³/mol. The van der Waals surface area contributed by atoms with Crippen molar-refractivity contribution in [3.63, 3.8) is 0 Å². The molecule has 1 amide bonds. The first kappa shape index (κ1) is 30.0. The molecule has 0 unspecified atom stereocenters. The number of carbonyl (C=O) groups excluding carboxylic acids is 1. The average Bonchev–Trinajstić information content (AvgIpc) is 3.21. The van der Waals surface area contributed by atoms with Crippen molar-refractivity contribution >= 4 is 22.1 Å². The molecule has 4 rings (SSSR count). The van der Waals surface area contributed by atoms with Crippen molar-refractivity contribution in [3.8, 4) is 5.69 Å². The molecule has 214 valence electrons. The van der Waals surface area contributed by atoms with E-state index in [4.69, 9.17) is 0 Å². The zero-order valence-electron chi connectivity index (χ0n) is 24.5. The molecular weight excluding hydrogens is 532 g/mol. The second kappa shape index (κ2) is 12.2. The lowest BCUT2D eigenvalue weighted by molar-refractivity contribution is -0.121. The summed E-state index contributed by atoms with van der Waals surface area (Å²) < 4.78 is 31.0. The summed E-state index contributed by atoms with van der Waals surface area (Å²) in [5, 5.41) is 4.19. The predicted octanol–water partition coefficient (Wildman–Crippen LogP) is 6.26. The number of aryl methyl sites for hydroxylation is 2. The number of hydrazone groups is 1. The van der Waals surface area contributed by atoms with Crippen molar-refractivity contribution in [1.29, 1.82) is 0 Å². The van der Waals surface area contributed by atoms with Crippen LogP contribution in [-0.2, 0) is 20.2 Å². The average molecular weight is 571 g/mol. The van der Waals surface area contributed by atoms with Gasteiger partial charge in [-0.3, -0.25) is 4.79 Å². The summed E-state index contributed by atoms with van der Waals surface area (Å²) in [5.41, 5.74) is 9.54. The molecule has 0 fully saturated rings. The fourth-order valence-electron chi connectivity index (χ4n) is 4.72. The molecule has 0 radical (unpaired) electrons. The van der Waals surface area contributed by atoms with E-state index in [0.29, 0.717) is 5.56 Å². The van der Waals surface area contributed by atoms with Crippen LogP contribution in [0.2, 0.25) is 0 Å².